The molecule has 2 atom stereocenters. The van der Waals surface area contributed by atoms with Gasteiger partial charge in [-0.25, -0.2) is 4.39 Å². The van der Waals surface area contributed by atoms with Crippen LogP contribution in [-0.2, 0) is 27.2 Å². The number of carbonyl (C=O) groups is 3. The van der Waals surface area contributed by atoms with Crippen molar-refractivity contribution in [2.45, 2.75) is 31.8 Å². The molecule has 0 fully saturated rings. The van der Waals surface area contributed by atoms with Gasteiger partial charge >= 0.3 is 0 Å². The normalized spacial score (nSPS) is 12.7. The van der Waals surface area contributed by atoms with E-state index >= 15 is 0 Å². The average molecular weight is 421 g/mol. The lowest BCUT2D eigenvalue weighted by Crippen LogP contribution is -2.54. The first kappa shape index (κ1) is 22.0. The van der Waals surface area contributed by atoms with E-state index in [0.717, 1.165) is 16.3 Å². The lowest BCUT2D eigenvalue weighted by atomic mass is 9.98. The van der Waals surface area contributed by atoms with Gasteiger partial charge in [0.15, 0.2) is 0 Å². The fourth-order valence-corrected chi connectivity index (χ4v) is 3.54. The molecule has 0 saturated carbocycles. The van der Waals surface area contributed by atoms with Gasteiger partial charge in [-0.15, -0.1) is 0 Å². The Bertz CT molecular complexity index is 1110. The molecule has 0 unspecified atom stereocenters. The molecular formula is C24H24FN3O3. The van der Waals surface area contributed by atoms with Gasteiger partial charge in [0.05, 0.1) is 0 Å². The molecule has 0 heterocycles. The second-order valence-electron chi connectivity index (χ2n) is 7.39. The minimum atomic E-state index is -0.978. The summed E-state index contributed by atoms with van der Waals surface area (Å²) in [5.74, 6) is -2.11. The van der Waals surface area contributed by atoms with Gasteiger partial charge in [-0.1, -0.05) is 54.6 Å². The van der Waals surface area contributed by atoms with Gasteiger partial charge < -0.3 is 16.4 Å². The van der Waals surface area contributed by atoms with Crippen LogP contribution >= 0.6 is 0 Å². The molecule has 3 aromatic rings. The lowest BCUT2D eigenvalue weighted by molar-refractivity contribution is -0.130. The van der Waals surface area contributed by atoms with Crippen LogP contribution in [0.5, 0.6) is 0 Å². The average Bonchev–Trinajstić information content (AvgIpc) is 2.72. The number of hydrogen-bond donors (Lipinski definition) is 3. The van der Waals surface area contributed by atoms with E-state index in [-0.39, 0.29) is 12.8 Å². The van der Waals surface area contributed by atoms with Crippen molar-refractivity contribution in [1.82, 2.24) is 10.6 Å². The van der Waals surface area contributed by atoms with Crippen LogP contribution in [0.1, 0.15) is 18.1 Å². The fourth-order valence-electron chi connectivity index (χ4n) is 3.54. The van der Waals surface area contributed by atoms with E-state index in [4.69, 9.17) is 5.73 Å². The third-order valence-corrected chi connectivity index (χ3v) is 4.99. The minimum absolute atomic E-state index is 0.0723. The third-order valence-electron chi connectivity index (χ3n) is 4.99. The van der Waals surface area contributed by atoms with Gasteiger partial charge in [0.2, 0.25) is 17.7 Å². The van der Waals surface area contributed by atoms with Crippen LogP contribution < -0.4 is 16.4 Å². The van der Waals surface area contributed by atoms with E-state index in [2.05, 4.69) is 10.6 Å². The zero-order valence-electron chi connectivity index (χ0n) is 17.1. The van der Waals surface area contributed by atoms with Crippen molar-refractivity contribution in [2.24, 2.45) is 5.73 Å². The number of primary amides is 1. The summed E-state index contributed by atoms with van der Waals surface area (Å²) in [6.45, 7) is 1.29. The maximum atomic E-state index is 13.5. The van der Waals surface area contributed by atoms with E-state index in [1.807, 2.05) is 42.5 Å². The zero-order chi connectivity index (χ0) is 22.4. The van der Waals surface area contributed by atoms with Crippen LogP contribution in [0, 0.1) is 5.82 Å². The van der Waals surface area contributed by atoms with Crippen LogP contribution in [0.3, 0.4) is 0 Å². The monoisotopic (exact) mass is 421 g/mol. The summed E-state index contributed by atoms with van der Waals surface area (Å²) in [5, 5.41) is 7.18. The van der Waals surface area contributed by atoms with E-state index in [9.17, 15) is 18.8 Å². The minimum Gasteiger partial charge on any atom is -0.368 e. The maximum Gasteiger partial charge on any atom is 0.243 e. The van der Waals surface area contributed by atoms with Crippen molar-refractivity contribution in [3.8, 4) is 0 Å². The van der Waals surface area contributed by atoms with Gasteiger partial charge in [-0.05, 0) is 34.0 Å². The predicted molar refractivity (Wildman–Crippen MR) is 116 cm³/mol. The second-order valence-corrected chi connectivity index (χ2v) is 7.39. The molecule has 160 valence electrons. The molecule has 7 heteroatoms. The first-order chi connectivity index (χ1) is 14.8. The van der Waals surface area contributed by atoms with E-state index in [0.29, 0.717) is 5.56 Å². The molecule has 3 rings (SSSR count). The van der Waals surface area contributed by atoms with Crippen molar-refractivity contribution in [2.75, 3.05) is 0 Å². The van der Waals surface area contributed by atoms with Crippen molar-refractivity contribution in [3.05, 3.63) is 83.7 Å². The van der Waals surface area contributed by atoms with Crippen molar-refractivity contribution in [1.29, 1.82) is 0 Å². The molecule has 0 aromatic heterocycles. The maximum absolute atomic E-state index is 13.5. The van der Waals surface area contributed by atoms with Crippen LogP contribution in [0.15, 0.2) is 66.7 Å². The first-order valence-electron chi connectivity index (χ1n) is 9.91. The topological polar surface area (TPSA) is 101 Å². The fraction of sp³-hybridized carbons (Fsp3) is 0.208. The summed E-state index contributed by atoms with van der Waals surface area (Å²) in [4.78, 5) is 36.6. The highest BCUT2D eigenvalue weighted by molar-refractivity contribution is 5.92. The number of hydrogen-bond acceptors (Lipinski definition) is 3. The smallest absolute Gasteiger partial charge is 0.243 e. The van der Waals surface area contributed by atoms with Crippen LogP contribution in [0.4, 0.5) is 4.39 Å². The molecule has 0 bridgehead atoms. The number of halogens is 1. The summed E-state index contributed by atoms with van der Waals surface area (Å²) < 4.78 is 13.5. The van der Waals surface area contributed by atoms with Gasteiger partial charge in [0.25, 0.3) is 0 Å². The van der Waals surface area contributed by atoms with Gasteiger partial charge in [-0.2, -0.15) is 0 Å². The molecule has 6 nitrogen and oxygen atoms in total. The summed E-state index contributed by atoms with van der Waals surface area (Å²) in [7, 11) is 0. The molecule has 0 radical (unpaired) electrons. The number of benzene rings is 3. The van der Waals surface area contributed by atoms with Gasteiger partial charge in [-0.3, -0.25) is 14.4 Å². The lowest BCUT2D eigenvalue weighted by Gasteiger charge is -2.22. The molecule has 0 aliphatic heterocycles. The number of fused-ring (bicyclic) bond motifs is 1. The molecule has 0 aliphatic carbocycles. The standard InChI is InChI=1S/C24H24FN3O3/c1-15(29)27-22(13-16-6-4-10-19(25)12-16)24(31)28-21(23(26)30)14-18-9-5-8-17-7-2-3-11-20(17)18/h2-12,21-22H,13-14H2,1H3,(H2,26,30)(H,27,29)(H,28,31)/t21-,22-/m1/s1. The van der Waals surface area contributed by atoms with Gasteiger partial charge in [0.1, 0.15) is 17.9 Å². The largest absolute Gasteiger partial charge is 0.368 e. The Morgan fingerprint density at radius 2 is 1.61 bits per heavy atom. The number of nitrogens with two attached hydrogens (primary N) is 1. The molecule has 3 aromatic carbocycles. The Morgan fingerprint density at radius 1 is 0.903 bits per heavy atom. The Morgan fingerprint density at radius 3 is 2.32 bits per heavy atom. The van der Waals surface area contributed by atoms with Crippen molar-refractivity contribution in [3.63, 3.8) is 0 Å². The third kappa shape index (κ3) is 5.88. The van der Waals surface area contributed by atoms with Crippen LogP contribution in [0.25, 0.3) is 10.8 Å². The molecule has 0 aliphatic rings. The van der Waals surface area contributed by atoms with Crippen molar-refractivity contribution >= 4 is 28.5 Å². The summed E-state index contributed by atoms with van der Waals surface area (Å²) in [6.07, 6.45) is 0.276. The first-order valence-corrected chi connectivity index (χ1v) is 9.91. The summed E-state index contributed by atoms with van der Waals surface area (Å²) >= 11 is 0. The van der Waals surface area contributed by atoms with Crippen LogP contribution in [-0.4, -0.2) is 29.8 Å². The number of amides is 3. The number of rotatable bonds is 8. The number of nitrogens with one attached hydrogen (secondary N) is 2. The van der Waals surface area contributed by atoms with E-state index in [1.165, 1.54) is 25.1 Å². The van der Waals surface area contributed by atoms with Crippen LogP contribution in [0.2, 0.25) is 0 Å². The highest BCUT2D eigenvalue weighted by Gasteiger charge is 2.26. The Labute approximate surface area is 179 Å². The molecule has 0 saturated heterocycles. The molecule has 0 spiro atoms. The zero-order valence-corrected chi connectivity index (χ0v) is 17.1. The predicted octanol–water partition coefficient (Wildman–Crippen LogP) is 2.24. The highest BCUT2D eigenvalue weighted by Crippen LogP contribution is 2.20. The Kier molecular flexibility index (Phi) is 6.97. The Balaban J connectivity index is 1.79. The van der Waals surface area contributed by atoms with Crippen molar-refractivity contribution < 1.29 is 18.8 Å². The van der Waals surface area contributed by atoms with E-state index < -0.39 is 35.6 Å². The molecule has 31 heavy (non-hydrogen) atoms. The second kappa shape index (κ2) is 9.84. The molecule has 3 amide bonds. The summed E-state index contributed by atoms with van der Waals surface area (Å²) in [5.41, 5.74) is 6.96. The quantitative estimate of drug-likeness (QED) is 0.520. The highest BCUT2D eigenvalue weighted by atomic mass is 19.1. The number of carbonyl (C=O) groups excluding carboxylic acids is 3. The van der Waals surface area contributed by atoms with E-state index in [1.54, 1.807) is 6.07 Å². The molecular weight excluding hydrogens is 397 g/mol. The molecule has 4 N–H and O–H groups in total. The summed E-state index contributed by atoms with van der Waals surface area (Å²) in [6, 6.07) is 17.3. The SMILES string of the molecule is CC(=O)N[C@H](Cc1cccc(F)c1)C(=O)N[C@H](Cc1cccc2ccccc12)C(N)=O. The van der Waals surface area contributed by atoms with Gasteiger partial charge in [0, 0.05) is 19.8 Å². The Hall–Kier alpha value is -3.74.